The Hall–Kier alpha value is -1.26. The molecule has 1 fully saturated rings. The molecule has 4 nitrogen and oxygen atoms in total. The van der Waals surface area contributed by atoms with Gasteiger partial charge in [-0.3, -0.25) is 4.90 Å². The Morgan fingerprint density at radius 2 is 2.12 bits per heavy atom. The SMILES string of the molecule is COc1cc(O)ccc1CN1CCOCC1. The molecule has 16 heavy (non-hydrogen) atoms. The number of phenolic OH excluding ortho intramolecular Hbond substituents is 1. The van der Waals surface area contributed by atoms with Crippen LogP contribution < -0.4 is 4.74 Å². The van der Waals surface area contributed by atoms with Crippen LogP contribution in [0.15, 0.2) is 18.2 Å². The maximum Gasteiger partial charge on any atom is 0.127 e. The zero-order chi connectivity index (χ0) is 11.4. The van der Waals surface area contributed by atoms with Gasteiger partial charge in [0.05, 0.1) is 20.3 Å². The molecule has 0 radical (unpaired) electrons. The Balaban J connectivity index is 2.07. The summed E-state index contributed by atoms with van der Waals surface area (Å²) in [5.74, 6) is 0.981. The summed E-state index contributed by atoms with van der Waals surface area (Å²) in [5, 5.41) is 9.36. The van der Waals surface area contributed by atoms with Gasteiger partial charge in [-0.1, -0.05) is 6.07 Å². The van der Waals surface area contributed by atoms with Crippen LogP contribution in [0.3, 0.4) is 0 Å². The van der Waals surface area contributed by atoms with Crippen molar-refractivity contribution >= 4 is 0 Å². The van der Waals surface area contributed by atoms with Crippen molar-refractivity contribution < 1.29 is 14.6 Å². The maximum atomic E-state index is 9.36. The molecule has 1 heterocycles. The number of hydrogen-bond acceptors (Lipinski definition) is 4. The summed E-state index contributed by atoms with van der Waals surface area (Å²) in [6, 6.07) is 5.25. The quantitative estimate of drug-likeness (QED) is 0.837. The predicted octanol–water partition coefficient (Wildman–Crippen LogP) is 1.23. The zero-order valence-electron chi connectivity index (χ0n) is 9.48. The molecule has 2 rings (SSSR count). The molecule has 0 amide bonds. The summed E-state index contributed by atoms with van der Waals surface area (Å²) >= 11 is 0. The predicted molar refractivity (Wildman–Crippen MR) is 60.8 cm³/mol. The molecule has 0 aromatic heterocycles. The van der Waals surface area contributed by atoms with Crippen molar-refractivity contribution in [3.8, 4) is 11.5 Å². The second-order valence-corrected chi connectivity index (χ2v) is 3.88. The highest BCUT2D eigenvalue weighted by molar-refractivity contribution is 5.39. The minimum Gasteiger partial charge on any atom is -0.508 e. The fraction of sp³-hybridized carbons (Fsp3) is 0.500. The van der Waals surface area contributed by atoms with E-state index in [1.807, 2.05) is 6.07 Å². The lowest BCUT2D eigenvalue weighted by Gasteiger charge is -2.27. The van der Waals surface area contributed by atoms with Crippen molar-refractivity contribution in [3.05, 3.63) is 23.8 Å². The van der Waals surface area contributed by atoms with E-state index in [9.17, 15) is 5.11 Å². The monoisotopic (exact) mass is 223 g/mol. The number of hydrogen-bond donors (Lipinski definition) is 1. The van der Waals surface area contributed by atoms with Gasteiger partial charge in [-0.2, -0.15) is 0 Å². The second kappa shape index (κ2) is 5.18. The van der Waals surface area contributed by atoms with Gasteiger partial charge in [0.15, 0.2) is 0 Å². The van der Waals surface area contributed by atoms with Crippen molar-refractivity contribution in [1.82, 2.24) is 4.90 Å². The van der Waals surface area contributed by atoms with E-state index < -0.39 is 0 Å². The maximum absolute atomic E-state index is 9.36. The van der Waals surface area contributed by atoms with E-state index in [2.05, 4.69) is 4.90 Å². The third-order valence-corrected chi connectivity index (χ3v) is 2.77. The summed E-state index contributed by atoms with van der Waals surface area (Å²) in [4.78, 5) is 2.32. The molecule has 1 saturated heterocycles. The van der Waals surface area contributed by atoms with E-state index in [4.69, 9.17) is 9.47 Å². The van der Waals surface area contributed by atoms with Crippen molar-refractivity contribution in [2.45, 2.75) is 6.54 Å². The molecular weight excluding hydrogens is 206 g/mol. The van der Waals surface area contributed by atoms with E-state index in [0.717, 1.165) is 44.2 Å². The summed E-state index contributed by atoms with van der Waals surface area (Å²) in [6.45, 7) is 4.32. The van der Waals surface area contributed by atoms with Gasteiger partial charge in [-0.25, -0.2) is 0 Å². The van der Waals surface area contributed by atoms with Crippen LogP contribution >= 0.6 is 0 Å². The van der Waals surface area contributed by atoms with E-state index in [1.54, 1.807) is 19.2 Å². The lowest BCUT2D eigenvalue weighted by molar-refractivity contribution is 0.0339. The Bertz CT molecular complexity index is 348. The van der Waals surface area contributed by atoms with Crippen molar-refractivity contribution in [1.29, 1.82) is 0 Å². The van der Waals surface area contributed by atoms with Crippen LogP contribution in [-0.4, -0.2) is 43.4 Å². The molecular formula is C12H17NO3. The number of phenols is 1. The smallest absolute Gasteiger partial charge is 0.127 e. The van der Waals surface area contributed by atoms with Crippen molar-refractivity contribution in [3.63, 3.8) is 0 Å². The number of rotatable bonds is 3. The third-order valence-electron chi connectivity index (χ3n) is 2.77. The third kappa shape index (κ3) is 2.65. The number of aromatic hydroxyl groups is 1. The average molecular weight is 223 g/mol. The normalized spacial score (nSPS) is 17.3. The number of ether oxygens (including phenoxy) is 2. The first-order chi connectivity index (χ1) is 7.79. The van der Waals surface area contributed by atoms with Gasteiger partial charge >= 0.3 is 0 Å². The van der Waals surface area contributed by atoms with Crippen molar-refractivity contribution in [2.75, 3.05) is 33.4 Å². The fourth-order valence-electron chi connectivity index (χ4n) is 1.86. The van der Waals surface area contributed by atoms with E-state index >= 15 is 0 Å². The van der Waals surface area contributed by atoms with Gasteiger partial charge in [0, 0.05) is 31.3 Å². The lowest BCUT2D eigenvalue weighted by Crippen LogP contribution is -2.35. The van der Waals surface area contributed by atoms with Crippen molar-refractivity contribution in [2.24, 2.45) is 0 Å². The molecule has 0 atom stereocenters. The summed E-state index contributed by atoms with van der Waals surface area (Å²) in [6.07, 6.45) is 0. The van der Waals surface area contributed by atoms with Crippen LogP contribution in [0.4, 0.5) is 0 Å². The van der Waals surface area contributed by atoms with Crippen LogP contribution in [0.2, 0.25) is 0 Å². The van der Waals surface area contributed by atoms with Gasteiger partial charge in [0.25, 0.3) is 0 Å². The van der Waals surface area contributed by atoms with Crippen LogP contribution in [0.5, 0.6) is 11.5 Å². The molecule has 0 unspecified atom stereocenters. The fourth-order valence-corrected chi connectivity index (χ4v) is 1.86. The van der Waals surface area contributed by atoms with Gasteiger partial charge in [-0.15, -0.1) is 0 Å². The minimum absolute atomic E-state index is 0.238. The second-order valence-electron chi connectivity index (χ2n) is 3.88. The molecule has 1 aromatic carbocycles. The Morgan fingerprint density at radius 1 is 1.38 bits per heavy atom. The highest BCUT2D eigenvalue weighted by Gasteiger charge is 2.13. The van der Waals surface area contributed by atoms with Crippen LogP contribution in [-0.2, 0) is 11.3 Å². The largest absolute Gasteiger partial charge is 0.508 e. The molecule has 1 aromatic rings. The standard InChI is InChI=1S/C12H17NO3/c1-15-12-8-11(14)3-2-10(12)9-13-4-6-16-7-5-13/h2-3,8,14H,4-7,9H2,1H3. The molecule has 0 aliphatic carbocycles. The molecule has 4 heteroatoms. The van der Waals surface area contributed by atoms with E-state index in [-0.39, 0.29) is 5.75 Å². The first kappa shape index (κ1) is 11.2. The minimum atomic E-state index is 0.238. The first-order valence-electron chi connectivity index (χ1n) is 5.45. The van der Waals surface area contributed by atoms with E-state index in [1.165, 1.54) is 0 Å². The summed E-state index contributed by atoms with van der Waals surface area (Å²) in [5.41, 5.74) is 1.10. The van der Waals surface area contributed by atoms with Gasteiger partial charge in [-0.05, 0) is 6.07 Å². The van der Waals surface area contributed by atoms with Gasteiger partial charge < -0.3 is 14.6 Å². The van der Waals surface area contributed by atoms with Crippen LogP contribution in [0.25, 0.3) is 0 Å². The topological polar surface area (TPSA) is 41.9 Å². The first-order valence-corrected chi connectivity index (χ1v) is 5.45. The Labute approximate surface area is 95.4 Å². The average Bonchev–Trinajstić information content (AvgIpc) is 2.33. The van der Waals surface area contributed by atoms with Gasteiger partial charge in [0.1, 0.15) is 11.5 Å². The molecule has 0 saturated carbocycles. The summed E-state index contributed by atoms with van der Waals surface area (Å²) < 4.78 is 10.5. The van der Waals surface area contributed by atoms with Gasteiger partial charge in [0.2, 0.25) is 0 Å². The number of benzene rings is 1. The molecule has 0 bridgehead atoms. The highest BCUT2D eigenvalue weighted by Crippen LogP contribution is 2.25. The zero-order valence-corrected chi connectivity index (χ0v) is 9.48. The number of nitrogens with zero attached hydrogens (tertiary/aromatic N) is 1. The molecule has 0 spiro atoms. The Morgan fingerprint density at radius 3 is 2.81 bits per heavy atom. The molecule has 1 N–H and O–H groups in total. The van der Waals surface area contributed by atoms with Crippen LogP contribution in [0, 0.1) is 0 Å². The van der Waals surface area contributed by atoms with E-state index in [0.29, 0.717) is 0 Å². The lowest BCUT2D eigenvalue weighted by atomic mass is 10.1. The highest BCUT2D eigenvalue weighted by atomic mass is 16.5. The number of methoxy groups -OCH3 is 1. The molecule has 1 aliphatic rings. The van der Waals surface area contributed by atoms with Crippen LogP contribution in [0.1, 0.15) is 5.56 Å². The summed E-state index contributed by atoms with van der Waals surface area (Å²) in [7, 11) is 1.62. The molecule has 1 aliphatic heterocycles. The molecule has 88 valence electrons. The Kier molecular flexibility index (Phi) is 3.64. The number of morpholine rings is 1.